The lowest BCUT2D eigenvalue weighted by molar-refractivity contribution is -0.148. The molecule has 0 amide bonds. The van der Waals surface area contributed by atoms with Gasteiger partial charge < -0.3 is 4.74 Å². The van der Waals surface area contributed by atoms with Gasteiger partial charge in [0.25, 0.3) is 0 Å². The van der Waals surface area contributed by atoms with Crippen molar-refractivity contribution in [3.8, 4) is 0 Å². The fourth-order valence-corrected chi connectivity index (χ4v) is 5.28. The number of thioether (sulfide) groups is 1. The molecule has 0 saturated heterocycles. The van der Waals surface area contributed by atoms with Gasteiger partial charge in [-0.15, -0.1) is 0 Å². The Balaban J connectivity index is 1.87. The van der Waals surface area contributed by atoms with Crippen LogP contribution in [0.3, 0.4) is 0 Å². The number of ether oxygens (including phenoxy) is 1. The van der Waals surface area contributed by atoms with Gasteiger partial charge in [0, 0.05) is 11.3 Å². The van der Waals surface area contributed by atoms with Crippen LogP contribution < -0.4 is 5.32 Å². The number of esters is 1. The zero-order valence-electron chi connectivity index (χ0n) is 13.1. The minimum Gasteiger partial charge on any atom is -0.468 e. The number of carbonyl (C=O) groups is 1. The minimum absolute atomic E-state index is 0.0739. The highest BCUT2D eigenvalue weighted by Crippen LogP contribution is 2.40. The van der Waals surface area contributed by atoms with Gasteiger partial charge in [-0.25, -0.2) is 0 Å². The van der Waals surface area contributed by atoms with E-state index in [1.165, 1.54) is 38.5 Å². The summed E-state index contributed by atoms with van der Waals surface area (Å²) in [5.74, 6) is 2.13. The van der Waals surface area contributed by atoms with E-state index in [2.05, 4.69) is 30.9 Å². The van der Waals surface area contributed by atoms with Crippen LogP contribution in [0.5, 0.6) is 0 Å². The molecule has 1 N–H and O–H groups in total. The van der Waals surface area contributed by atoms with Crippen molar-refractivity contribution in [3.63, 3.8) is 0 Å². The van der Waals surface area contributed by atoms with Crippen LogP contribution in [-0.2, 0) is 9.53 Å². The summed E-state index contributed by atoms with van der Waals surface area (Å²) in [7, 11) is 1.51. The summed E-state index contributed by atoms with van der Waals surface area (Å²) in [6, 6.07) is 0.313. The molecule has 0 aromatic carbocycles. The molecule has 4 heteroatoms. The molecular weight excluding hydrogens is 270 g/mol. The summed E-state index contributed by atoms with van der Waals surface area (Å²) in [4.78, 5) is 12.2. The molecule has 0 bridgehead atoms. The monoisotopic (exact) mass is 299 g/mol. The third-order valence-corrected chi connectivity index (χ3v) is 6.19. The first-order chi connectivity index (χ1) is 9.55. The molecule has 20 heavy (non-hydrogen) atoms. The fourth-order valence-electron chi connectivity index (χ4n) is 3.71. The van der Waals surface area contributed by atoms with Gasteiger partial charge >= 0.3 is 5.97 Å². The van der Waals surface area contributed by atoms with Crippen molar-refractivity contribution in [3.05, 3.63) is 0 Å². The van der Waals surface area contributed by atoms with Crippen molar-refractivity contribution in [2.75, 3.05) is 12.9 Å². The second-order valence-corrected chi connectivity index (χ2v) is 8.05. The highest BCUT2D eigenvalue weighted by molar-refractivity contribution is 7.99. The lowest BCUT2D eigenvalue weighted by Gasteiger charge is -2.30. The average Bonchev–Trinajstić information content (AvgIpc) is 3.05. The Bertz CT molecular complexity index is 328. The largest absolute Gasteiger partial charge is 0.468 e. The standard InChI is InChI=1S/C16H29NO2S/c1-12(2)17-16(15(18)19-3)9-8-14(10-16)20-11-13-6-4-5-7-13/h12-14,17H,4-11H2,1-3H3. The predicted molar refractivity (Wildman–Crippen MR) is 85.1 cm³/mol. The Morgan fingerprint density at radius 3 is 2.65 bits per heavy atom. The maximum atomic E-state index is 12.2. The van der Waals surface area contributed by atoms with Crippen molar-refractivity contribution < 1.29 is 9.53 Å². The molecule has 0 aromatic heterocycles. The predicted octanol–water partition coefficient (Wildman–Crippen LogP) is 3.37. The van der Waals surface area contributed by atoms with Gasteiger partial charge in [0.2, 0.25) is 0 Å². The molecule has 2 unspecified atom stereocenters. The molecule has 2 aliphatic rings. The Hall–Kier alpha value is -0.220. The maximum absolute atomic E-state index is 12.2. The Labute approximate surface area is 127 Å². The molecule has 2 fully saturated rings. The SMILES string of the molecule is COC(=O)C1(NC(C)C)CCC(SCC2CCCC2)C1. The highest BCUT2D eigenvalue weighted by Gasteiger charge is 2.46. The van der Waals surface area contributed by atoms with E-state index in [0.717, 1.165) is 25.2 Å². The Kier molecular flexibility index (Phi) is 5.79. The Morgan fingerprint density at radius 1 is 1.35 bits per heavy atom. The summed E-state index contributed by atoms with van der Waals surface area (Å²) in [5, 5.41) is 4.09. The smallest absolute Gasteiger partial charge is 0.326 e. The van der Waals surface area contributed by atoms with Gasteiger partial charge in [0.1, 0.15) is 5.54 Å². The first-order valence-corrected chi connectivity index (χ1v) is 9.08. The van der Waals surface area contributed by atoms with Gasteiger partial charge in [-0.05, 0) is 57.6 Å². The number of nitrogens with one attached hydrogen (secondary N) is 1. The van der Waals surface area contributed by atoms with Crippen LogP contribution >= 0.6 is 11.8 Å². The molecule has 0 aliphatic heterocycles. The summed E-state index contributed by atoms with van der Waals surface area (Å²) < 4.78 is 5.05. The topological polar surface area (TPSA) is 38.3 Å². The number of rotatable bonds is 6. The van der Waals surface area contributed by atoms with Gasteiger partial charge in [0.05, 0.1) is 7.11 Å². The zero-order chi connectivity index (χ0) is 14.6. The Morgan fingerprint density at radius 2 is 2.05 bits per heavy atom. The second-order valence-electron chi connectivity index (χ2n) is 6.72. The normalized spacial score (nSPS) is 31.1. The summed E-state index contributed by atoms with van der Waals surface area (Å²) >= 11 is 2.09. The third kappa shape index (κ3) is 3.91. The van der Waals surface area contributed by atoms with Crippen molar-refractivity contribution in [2.24, 2.45) is 5.92 Å². The first kappa shape index (κ1) is 16.2. The molecule has 2 rings (SSSR count). The van der Waals surface area contributed by atoms with E-state index < -0.39 is 5.54 Å². The zero-order valence-corrected chi connectivity index (χ0v) is 13.9. The first-order valence-electron chi connectivity index (χ1n) is 8.03. The third-order valence-electron chi connectivity index (χ3n) is 4.65. The summed E-state index contributed by atoms with van der Waals surface area (Å²) in [6.45, 7) is 4.20. The van der Waals surface area contributed by atoms with E-state index in [1.807, 2.05) is 0 Å². The number of carbonyl (C=O) groups excluding carboxylic acids is 1. The van der Waals surface area contributed by atoms with E-state index in [1.54, 1.807) is 0 Å². The van der Waals surface area contributed by atoms with E-state index in [4.69, 9.17) is 4.74 Å². The molecule has 0 radical (unpaired) electrons. The van der Waals surface area contributed by atoms with Crippen LogP contribution in [0, 0.1) is 5.92 Å². The molecule has 2 atom stereocenters. The van der Waals surface area contributed by atoms with Gasteiger partial charge in [-0.3, -0.25) is 10.1 Å². The van der Waals surface area contributed by atoms with Crippen LogP contribution in [-0.4, -0.2) is 35.7 Å². The van der Waals surface area contributed by atoms with Crippen LogP contribution in [0.4, 0.5) is 0 Å². The summed E-state index contributed by atoms with van der Waals surface area (Å²) in [5.41, 5.74) is -0.434. The van der Waals surface area contributed by atoms with E-state index in [-0.39, 0.29) is 5.97 Å². The highest BCUT2D eigenvalue weighted by atomic mass is 32.2. The van der Waals surface area contributed by atoms with Crippen molar-refractivity contribution in [1.82, 2.24) is 5.32 Å². The second kappa shape index (κ2) is 7.17. The average molecular weight is 299 g/mol. The molecule has 0 spiro atoms. The molecule has 0 heterocycles. The number of hydrogen-bond acceptors (Lipinski definition) is 4. The lowest BCUT2D eigenvalue weighted by Crippen LogP contribution is -2.53. The number of hydrogen-bond donors (Lipinski definition) is 1. The van der Waals surface area contributed by atoms with Crippen LogP contribution in [0.15, 0.2) is 0 Å². The lowest BCUT2D eigenvalue weighted by atomic mass is 9.96. The maximum Gasteiger partial charge on any atom is 0.326 e. The van der Waals surface area contributed by atoms with Gasteiger partial charge in [0.15, 0.2) is 0 Å². The quantitative estimate of drug-likeness (QED) is 0.763. The van der Waals surface area contributed by atoms with E-state index >= 15 is 0 Å². The van der Waals surface area contributed by atoms with Crippen molar-refractivity contribution in [2.45, 2.75) is 75.6 Å². The van der Waals surface area contributed by atoms with Gasteiger partial charge in [-0.1, -0.05) is 12.8 Å². The van der Waals surface area contributed by atoms with Crippen LogP contribution in [0.25, 0.3) is 0 Å². The van der Waals surface area contributed by atoms with Gasteiger partial charge in [-0.2, -0.15) is 11.8 Å². The molecule has 116 valence electrons. The minimum atomic E-state index is -0.434. The molecular formula is C16H29NO2S. The molecule has 0 aromatic rings. The van der Waals surface area contributed by atoms with Crippen molar-refractivity contribution in [1.29, 1.82) is 0 Å². The molecule has 3 nitrogen and oxygen atoms in total. The van der Waals surface area contributed by atoms with E-state index in [9.17, 15) is 4.79 Å². The van der Waals surface area contributed by atoms with Crippen LogP contribution in [0.1, 0.15) is 58.8 Å². The fraction of sp³-hybridized carbons (Fsp3) is 0.938. The van der Waals surface area contributed by atoms with Crippen LogP contribution in [0.2, 0.25) is 0 Å². The number of methoxy groups -OCH3 is 1. The summed E-state index contributed by atoms with van der Waals surface area (Å²) in [6.07, 6.45) is 8.62. The molecule has 2 aliphatic carbocycles. The molecule has 2 saturated carbocycles. The van der Waals surface area contributed by atoms with E-state index in [0.29, 0.717) is 11.3 Å². The van der Waals surface area contributed by atoms with Crippen molar-refractivity contribution >= 4 is 17.7 Å².